The number of ether oxygens (including phenoxy) is 1. The number of amides is 1. The van der Waals surface area contributed by atoms with E-state index in [-0.39, 0.29) is 11.8 Å². The number of carbonyl (C=O) groups excluding carboxylic acids is 1. The Kier molecular flexibility index (Phi) is 4.11. The summed E-state index contributed by atoms with van der Waals surface area (Å²) in [6.45, 7) is 7.55. The normalized spacial score (nSPS) is 12.6. The lowest BCUT2D eigenvalue weighted by molar-refractivity contribution is -0.129. The van der Waals surface area contributed by atoms with Gasteiger partial charge in [0.25, 0.3) is 5.91 Å². The predicted molar refractivity (Wildman–Crippen MR) is 64.3 cm³/mol. The maximum Gasteiger partial charge on any atom is 0.275 e. The van der Waals surface area contributed by atoms with Crippen molar-refractivity contribution >= 4 is 5.91 Å². The van der Waals surface area contributed by atoms with Crippen LogP contribution in [-0.2, 0) is 11.8 Å². The Morgan fingerprint density at radius 1 is 1.47 bits per heavy atom. The monoisotopic (exact) mass is 240 g/mol. The molecule has 96 valence electrons. The number of aryl methyl sites for hydroxylation is 2. The van der Waals surface area contributed by atoms with Crippen LogP contribution in [0.4, 0.5) is 0 Å². The van der Waals surface area contributed by atoms with E-state index in [0.29, 0.717) is 5.75 Å². The van der Waals surface area contributed by atoms with Crippen molar-refractivity contribution in [3.8, 4) is 5.75 Å². The topological polar surface area (TPSA) is 82.2 Å². The largest absolute Gasteiger partial charge is 0.476 e. The van der Waals surface area contributed by atoms with Crippen LogP contribution in [0.1, 0.15) is 25.2 Å². The van der Waals surface area contributed by atoms with Gasteiger partial charge in [-0.2, -0.15) is 5.10 Å². The van der Waals surface area contributed by atoms with Gasteiger partial charge in [0.05, 0.1) is 5.69 Å². The number of nitrogens with two attached hydrogens (primary N) is 1. The second-order valence-electron chi connectivity index (χ2n) is 4.41. The Labute approximate surface area is 101 Å². The third-order valence-corrected chi connectivity index (χ3v) is 2.69. The van der Waals surface area contributed by atoms with Crippen molar-refractivity contribution in [1.29, 1.82) is 0 Å². The molecule has 1 unspecified atom stereocenters. The molecule has 0 aromatic carbocycles. The van der Waals surface area contributed by atoms with Gasteiger partial charge < -0.3 is 4.74 Å². The molecule has 0 aliphatic rings. The molecule has 17 heavy (non-hydrogen) atoms. The number of hydrogen-bond acceptors (Lipinski definition) is 4. The van der Waals surface area contributed by atoms with Gasteiger partial charge in [-0.05, 0) is 19.8 Å². The molecule has 0 aliphatic carbocycles. The van der Waals surface area contributed by atoms with E-state index in [9.17, 15) is 4.79 Å². The second-order valence-corrected chi connectivity index (χ2v) is 4.41. The summed E-state index contributed by atoms with van der Waals surface area (Å²) in [5, 5.41) is 4.24. The number of rotatable bonds is 4. The van der Waals surface area contributed by atoms with Crippen LogP contribution >= 0.6 is 0 Å². The molecule has 1 amide bonds. The molecule has 1 aromatic heterocycles. The van der Waals surface area contributed by atoms with Crippen LogP contribution < -0.4 is 16.0 Å². The average Bonchev–Trinajstić information content (AvgIpc) is 2.49. The number of carbonyl (C=O) groups is 1. The summed E-state index contributed by atoms with van der Waals surface area (Å²) in [6, 6.07) is 0. The van der Waals surface area contributed by atoms with E-state index in [2.05, 4.69) is 10.5 Å². The zero-order valence-corrected chi connectivity index (χ0v) is 10.9. The van der Waals surface area contributed by atoms with Gasteiger partial charge in [0.1, 0.15) is 5.69 Å². The van der Waals surface area contributed by atoms with Crippen molar-refractivity contribution in [3.63, 3.8) is 0 Å². The van der Waals surface area contributed by atoms with E-state index < -0.39 is 6.10 Å². The minimum atomic E-state index is -0.610. The molecule has 1 aromatic rings. The highest BCUT2D eigenvalue weighted by atomic mass is 16.5. The second kappa shape index (κ2) is 5.18. The van der Waals surface area contributed by atoms with Gasteiger partial charge in [0.15, 0.2) is 11.9 Å². The SMILES string of the molecule is Cc1nn(C)c(C)c1OC(C(=O)NN)C(C)C. The van der Waals surface area contributed by atoms with Crippen LogP contribution in [0.25, 0.3) is 0 Å². The summed E-state index contributed by atoms with van der Waals surface area (Å²) in [7, 11) is 1.84. The quantitative estimate of drug-likeness (QED) is 0.454. The molecule has 0 bridgehead atoms. The van der Waals surface area contributed by atoms with Crippen LogP contribution in [-0.4, -0.2) is 21.8 Å². The van der Waals surface area contributed by atoms with Gasteiger partial charge in [-0.3, -0.25) is 14.9 Å². The van der Waals surface area contributed by atoms with Crippen LogP contribution in [0.3, 0.4) is 0 Å². The van der Waals surface area contributed by atoms with Crippen LogP contribution in [0.5, 0.6) is 5.75 Å². The molecule has 0 aliphatic heterocycles. The van der Waals surface area contributed by atoms with E-state index in [1.165, 1.54) is 0 Å². The summed E-state index contributed by atoms with van der Waals surface area (Å²) in [4.78, 5) is 11.6. The fraction of sp³-hybridized carbons (Fsp3) is 0.636. The Balaban J connectivity index is 2.97. The highest BCUT2D eigenvalue weighted by molar-refractivity contribution is 5.80. The first kappa shape index (κ1) is 13.5. The van der Waals surface area contributed by atoms with Crippen molar-refractivity contribution < 1.29 is 9.53 Å². The first-order valence-corrected chi connectivity index (χ1v) is 5.55. The lowest BCUT2D eigenvalue weighted by Gasteiger charge is -2.20. The molecule has 0 spiro atoms. The summed E-state index contributed by atoms with van der Waals surface area (Å²) in [6.07, 6.45) is -0.610. The zero-order chi connectivity index (χ0) is 13.2. The number of aromatic nitrogens is 2. The summed E-state index contributed by atoms with van der Waals surface area (Å²) < 4.78 is 7.46. The Morgan fingerprint density at radius 2 is 2.06 bits per heavy atom. The maximum absolute atomic E-state index is 11.6. The minimum Gasteiger partial charge on any atom is -0.476 e. The van der Waals surface area contributed by atoms with Gasteiger partial charge in [-0.15, -0.1) is 0 Å². The average molecular weight is 240 g/mol. The molecule has 6 nitrogen and oxygen atoms in total. The minimum absolute atomic E-state index is 0.0255. The van der Waals surface area contributed by atoms with E-state index in [4.69, 9.17) is 10.6 Å². The molecule has 6 heteroatoms. The third kappa shape index (κ3) is 2.76. The predicted octanol–water partition coefficient (Wildman–Crippen LogP) is 0.430. The standard InChI is InChI=1S/C11H20N4O2/c1-6(2)9(11(16)13-12)17-10-7(3)14-15(5)8(10)4/h6,9H,12H2,1-5H3,(H,13,16). The Hall–Kier alpha value is -1.56. The number of nitrogens with zero attached hydrogens (tertiary/aromatic N) is 2. The van der Waals surface area contributed by atoms with Crippen molar-refractivity contribution in [3.05, 3.63) is 11.4 Å². The van der Waals surface area contributed by atoms with Crippen molar-refractivity contribution in [2.45, 2.75) is 33.8 Å². The molecule has 0 saturated carbocycles. The maximum atomic E-state index is 11.6. The van der Waals surface area contributed by atoms with Gasteiger partial charge in [-0.25, -0.2) is 5.84 Å². The van der Waals surface area contributed by atoms with Crippen LogP contribution in [0.15, 0.2) is 0 Å². The Morgan fingerprint density at radius 3 is 2.41 bits per heavy atom. The summed E-state index contributed by atoms with van der Waals surface area (Å²) in [5.74, 6) is 5.49. The lowest BCUT2D eigenvalue weighted by atomic mass is 10.1. The summed E-state index contributed by atoms with van der Waals surface area (Å²) in [5.41, 5.74) is 3.77. The molecular formula is C11H20N4O2. The van der Waals surface area contributed by atoms with Crippen molar-refractivity contribution in [2.24, 2.45) is 18.8 Å². The van der Waals surface area contributed by atoms with Gasteiger partial charge >= 0.3 is 0 Å². The van der Waals surface area contributed by atoms with Crippen LogP contribution in [0, 0.1) is 19.8 Å². The molecule has 0 fully saturated rings. The first-order chi connectivity index (χ1) is 7.88. The highest BCUT2D eigenvalue weighted by Gasteiger charge is 2.26. The smallest absolute Gasteiger partial charge is 0.275 e. The molecule has 1 heterocycles. The number of nitrogens with one attached hydrogen (secondary N) is 1. The van der Waals surface area contributed by atoms with Gasteiger partial charge in [-0.1, -0.05) is 13.8 Å². The van der Waals surface area contributed by atoms with E-state index in [0.717, 1.165) is 11.4 Å². The molecule has 0 radical (unpaired) electrons. The van der Waals surface area contributed by atoms with Crippen molar-refractivity contribution in [1.82, 2.24) is 15.2 Å². The highest BCUT2D eigenvalue weighted by Crippen LogP contribution is 2.24. The lowest BCUT2D eigenvalue weighted by Crippen LogP contribution is -2.45. The molecule has 0 saturated heterocycles. The fourth-order valence-electron chi connectivity index (χ4n) is 1.63. The summed E-state index contributed by atoms with van der Waals surface area (Å²) >= 11 is 0. The van der Waals surface area contributed by atoms with Gasteiger partial charge in [0.2, 0.25) is 0 Å². The third-order valence-electron chi connectivity index (χ3n) is 2.69. The van der Waals surface area contributed by atoms with Gasteiger partial charge in [0, 0.05) is 7.05 Å². The molecule has 3 N–H and O–H groups in total. The molecule has 1 atom stereocenters. The van der Waals surface area contributed by atoms with E-state index >= 15 is 0 Å². The molecular weight excluding hydrogens is 220 g/mol. The fourth-order valence-corrected chi connectivity index (χ4v) is 1.63. The zero-order valence-electron chi connectivity index (χ0n) is 10.9. The first-order valence-electron chi connectivity index (χ1n) is 5.55. The number of hydrogen-bond donors (Lipinski definition) is 2. The number of hydrazine groups is 1. The van der Waals surface area contributed by atoms with E-state index in [1.54, 1.807) is 4.68 Å². The molecule has 1 rings (SSSR count). The van der Waals surface area contributed by atoms with Crippen molar-refractivity contribution in [2.75, 3.05) is 0 Å². The van der Waals surface area contributed by atoms with E-state index in [1.807, 2.05) is 34.7 Å². The Bertz CT molecular complexity index is 412. The van der Waals surface area contributed by atoms with Crippen LogP contribution in [0.2, 0.25) is 0 Å².